The second-order valence-corrected chi connectivity index (χ2v) is 11.6. The van der Waals surface area contributed by atoms with Crippen molar-refractivity contribution in [2.24, 2.45) is 0 Å². The maximum absolute atomic E-state index is 7.00. The normalized spacial score (nSPS) is 10.7. The van der Waals surface area contributed by atoms with Crippen molar-refractivity contribution in [2.45, 2.75) is 39.5 Å². The molecule has 0 aliphatic rings. The maximum atomic E-state index is 7.00. The Balaban J connectivity index is 0.000000197. The van der Waals surface area contributed by atoms with Crippen LogP contribution in [0.1, 0.15) is 50.7 Å². The van der Waals surface area contributed by atoms with Crippen LogP contribution in [-0.2, 0) is 20.1 Å². The molecule has 0 unspecified atom stereocenters. The molecule has 0 saturated carbocycles. The first-order valence-electron chi connectivity index (χ1n) is 15.9. The van der Waals surface area contributed by atoms with E-state index in [4.69, 9.17) is 19.0 Å². The van der Waals surface area contributed by atoms with Crippen LogP contribution in [0.4, 0.5) is 0 Å². The Bertz CT molecular complexity index is 2080. The van der Waals surface area contributed by atoms with Crippen LogP contribution in [-0.4, -0.2) is 34.4 Å². The van der Waals surface area contributed by atoms with E-state index in [9.17, 15) is 0 Å². The molecule has 8 rings (SSSR count). The van der Waals surface area contributed by atoms with Crippen molar-refractivity contribution in [3.05, 3.63) is 133 Å². The van der Waals surface area contributed by atoms with Gasteiger partial charge in [-0.25, -0.2) is 0 Å². The zero-order valence-corrected chi connectivity index (χ0v) is 30.9. The van der Waals surface area contributed by atoms with E-state index in [2.05, 4.69) is 98.3 Å². The van der Waals surface area contributed by atoms with Gasteiger partial charge in [0.1, 0.15) is 11.2 Å². The fourth-order valence-electron chi connectivity index (χ4n) is 5.64. The molecule has 0 aliphatic carbocycles. The summed E-state index contributed by atoms with van der Waals surface area (Å²) in [4.78, 5) is 8.85. The molecule has 253 valence electrons. The first kappa shape index (κ1) is 37.2. The SMILES string of the molecule is CC(C)c1ccc2c(c1)oc1c(-c3ccccn3)[c-]ccc12.CC(C)c1ccc2c(c1)oc1c(-c3ccccn3)[c-]ccc12.CO.CO.[Ir]. The molecule has 0 fully saturated rings. The number of rotatable bonds is 4. The molecule has 1 radical (unpaired) electrons. The number of furan rings is 2. The number of fused-ring (bicyclic) bond motifs is 6. The van der Waals surface area contributed by atoms with Crippen LogP contribution in [0.2, 0.25) is 0 Å². The molecule has 0 saturated heterocycles. The minimum absolute atomic E-state index is 0. The van der Waals surface area contributed by atoms with Crippen LogP contribution < -0.4 is 0 Å². The maximum Gasteiger partial charge on any atom is 0.121 e. The topological polar surface area (TPSA) is 92.5 Å². The first-order chi connectivity index (χ1) is 23.5. The molecule has 0 bridgehead atoms. The Hall–Kier alpha value is -4.65. The van der Waals surface area contributed by atoms with Gasteiger partial charge >= 0.3 is 0 Å². The van der Waals surface area contributed by atoms with Crippen LogP contribution in [0.5, 0.6) is 0 Å². The standard InChI is InChI=1S/2C20H16NO.2CH4O.Ir/c2*1-13(2)14-9-10-15-16-6-5-7-17(18-8-3-4-11-21-18)20(16)22-19(15)12-14;2*1-2;/h2*3-6,8-13H,1-2H3;2*2H,1H3;/q2*-1;;;. The summed E-state index contributed by atoms with van der Waals surface area (Å²) < 4.78 is 12.3. The second kappa shape index (κ2) is 17.1. The van der Waals surface area contributed by atoms with Gasteiger partial charge in [0.2, 0.25) is 0 Å². The Kier molecular flexibility index (Phi) is 13.0. The van der Waals surface area contributed by atoms with Crippen LogP contribution in [0.15, 0.2) is 118 Å². The van der Waals surface area contributed by atoms with Gasteiger partial charge < -0.3 is 29.0 Å². The summed E-state index contributed by atoms with van der Waals surface area (Å²) in [5.41, 5.74) is 9.75. The molecule has 0 amide bonds. The van der Waals surface area contributed by atoms with Crippen molar-refractivity contribution in [3.63, 3.8) is 0 Å². The van der Waals surface area contributed by atoms with Crippen molar-refractivity contribution in [3.8, 4) is 22.5 Å². The molecule has 7 heteroatoms. The van der Waals surface area contributed by atoms with Crippen molar-refractivity contribution in [1.82, 2.24) is 9.97 Å². The molecule has 4 aromatic heterocycles. The summed E-state index contributed by atoms with van der Waals surface area (Å²) in [7, 11) is 2.00. The number of aliphatic hydroxyl groups excluding tert-OH is 2. The third kappa shape index (κ3) is 7.82. The minimum Gasteiger partial charge on any atom is -0.501 e. The van der Waals surface area contributed by atoms with Gasteiger partial charge in [-0.2, -0.15) is 0 Å². The molecule has 49 heavy (non-hydrogen) atoms. The third-order valence-electron chi connectivity index (χ3n) is 8.09. The molecule has 4 aromatic carbocycles. The number of nitrogens with zero attached hydrogens (tertiary/aromatic N) is 2. The number of aromatic nitrogens is 2. The zero-order chi connectivity index (χ0) is 34.2. The van der Waals surface area contributed by atoms with Gasteiger partial charge in [-0.1, -0.05) is 98.1 Å². The Morgan fingerprint density at radius 3 is 1.29 bits per heavy atom. The van der Waals surface area contributed by atoms with Crippen molar-refractivity contribution >= 4 is 43.9 Å². The molecule has 2 N–H and O–H groups in total. The molecule has 0 atom stereocenters. The number of pyridine rings is 2. The van der Waals surface area contributed by atoms with Crippen LogP contribution in [0.25, 0.3) is 66.4 Å². The Labute approximate surface area is 300 Å². The second-order valence-electron chi connectivity index (χ2n) is 11.6. The molecule has 0 spiro atoms. The summed E-state index contributed by atoms with van der Waals surface area (Å²) in [6, 6.07) is 39.2. The Morgan fingerprint density at radius 1 is 0.531 bits per heavy atom. The summed E-state index contributed by atoms with van der Waals surface area (Å²) in [5.74, 6) is 0.971. The summed E-state index contributed by atoms with van der Waals surface area (Å²) in [6.45, 7) is 8.77. The number of benzene rings is 4. The van der Waals surface area contributed by atoms with Gasteiger partial charge in [-0.15, -0.1) is 36.4 Å². The first-order valence-corrected chi connectivity index (χ1v) is 15.9. The fraction of sp³-hybridized carbons (Fsp3) is 0.190. The van der Waals surface area contributed by atoms with E-state index in [-0.39, 0.29) is 20.1 Å². The van der Waals surface area contributed by atoms with Crippen molar-refractivity contribution < 1.29 is 39.2 Å². The predicted octanol–water partition coefficient (Wildman–Crippen LogP) is 10.4. The van der Waals surface area contributed by atoms with Crippen LogP contribution in [0, 0.1) is 12.1 Å². The predicted molar refractivity (Wildman–Crippen MR) is 196 cm³/mol. The smallest absolute Gasteiger partial charge is 0.121 e. The van der Waals surface area contributed by atoms with E-state index in [1.165, 1.54) is 11.1 Å². The summed E-state index contributed by atoms with van der Waals surface area (Å²) >= 11 is 0. The van der Waals surface area contributed by atoms with Crippen LogP contribution >= 0.6 is 0 Å². The number of aliphatic hydroxyl groups is 2. The number of hydrogen-bond acceptors (Lipinski definition) is 6. The van der Waals surface area contributed by atoms with Gasteiger partial charge in [0, 0.05) is 57.5 Å². The van der Waals surface area contributed by atoms with E-state index < -0.39 is 0 Å². The summed E-state index contributed by atoms with van der Waals surface area (Å²) in [5, 5.41) is 18.5. The van der Waals surface area contributed by atoms with E-state index >= 15 is 0 Å². The largest absolute Gasteiger partial charge is 0.501 e. The van der Waals surface area contributed by atoms with Crippen molar-refractivity contribution in [1.29, 1.82) is 0 Å². The van der Waals surface area contributed by atoms with Gasteiger partial charge in [0.15, 0.2) is 0 Å². The molecule has 0 aliphatic heterocycles. The van der Waals surface area contributed by atoms with Gasteiger partial charge in [-0.3, -0.25) is 0 Å². The number of hydrogen-bond donors (Lipinski definition) is 2. The van der Waals surface area contributed by atoms with Gasteiger partial charge in [-0.05, 0) is 58.6 Å². The van der Waals surface area contributed by atoms with E-state index in [1.807, 2.05) is 48.5 Å². The average molecular weight is 829 g/mol. The van der Waals surface area contributed by atoms with E-state index in [0.29, 0.717) is 11.8 Å². The van der Waals surface area contributed by atoms with Crippen molar-refractivity contribution in [2.75, 3.05) is 14.2 Å². The van der Waals surface area contributed by atoms with E-state index in [1.54, 1.807) is 12.4 Å². The average Bonchev–Trinajstić information content (AvgIpc) is 3.72. The molecule has 6 nitrogen and oxygen atoms in total. The molecule has 4 heterocycles. The summed E-state index contributed by atoms with van der Waals surface area (Å²) in [6.07, 6.45) is 3.59. The quantitative estimate of drug-likeness (QED) is 0.172. The monoisotopic (exact) mass is 829 g/mol. The van der Waals surface area contributed by atoms with Crippen LogP contribution in [0.3, 0.4) is 0 Å². The molecular weight excluding hydrogens is 789 g/mol. The van der Waals surface area contributed by atoms with Gasteiger partial charge in [0.25, 0.3) is 0 Å². The van der Waals surface area contributed by atoms with E-state index in [0.717, 1.165) is 80.6 Å². The molecule has 8 aromatic rings. The fourth-order valence-corrected chi connectivity index (χ4v) is 5.64. The van der Waals surface area contributed by atoms with Gasteiger partial charge in [0.05, 0.1) is 11.2 Å². The zero-order valence-electron chi connectivity index (χ0n) is 28.5. The third-order valence-corrected chi connectivity index (χ3v) is 8.09. The Morgan fingerprint density at radius 2 is 0.939 bits per heavy atom. The molecular formula is C42H40IrN2O4-2. The minimum atomic E-state index is 0.